The molecule has 14 heavy (non-hydrogen) atoms. The van der Waals surface area contributed by atoms with Crippen molar-refractivity contribution in [1.82, 2.24) is 5.32 Å². The Labute approximate surface area is 86.2 Å². The maximum absolute atomic E-state index is 6.01. The largest absolute Gasteiger partial charge is 0.384 e. The van der Waals surface area contributed by atoms with Crippen molar-refractivity contribution < 1.29 is 9.47 Å². The van der Waals surface area contributed by atoms with Gasteiger partial charge in [-0.1, -0.05) is 0 Å². The second-order valence-corrected chi connectivity index (χ2v) is 4.50. The minimum absolute atomic E-state index is 0.518. The van der Waals surface area contributed by atoms with Crippen LogP contribution in [-0.4, -0.2) is 39.0 Å². The molecule has 2 rings (SSSR count). The average Bonchev–Trinajstić information content (AvgIpc) is 2.16. The smallest absolute Gasteiger partial charge is 0.0603 e. The lowest BCUT2D eigenvalue weighted by atomic mass is 9.82. The van der Waals surface area contributed by atoms with Gasteiger partial charge in [0.15, 0.2) is 0 Å². The molecule has 1 saturated heterocycles. The van der Waals surface area contributed by atoms with Crippen LogP contribution < -0.4 is 5.32 Å². The standard InChI is InChI=1S/C11H21NO2/c1-13-8-9-6-11(7-9)14-10-2-4-12-5-3-10/h9-12H,2-8H2,1H3. The van der Waals surface area contributed by atoms with Crippen LogP contribution in [0.4, 0.5) is 0 Å². The summed E-state index contributed by atoms with van der Waals surface area (Å²) >= 11 is 0. The summed E-state index contributed by atoms with van der Waals surface area (Å²) in [5.41, 5.74) is 0. The monoisotopic (exact) mass is 199 g/mol. The van der Waals surface area contributed by atoms with Crippen molar-refractivity contribution in [2.24, 2.45) is 5.92 Å². The lowest BCUT2D eigenvalue weighted by molar-refractivity contribution is -0.0954. The highest BCUT2D eigenvalue weighted by atomic mass is 16.5. The molecule has 0 aromatic rings. The second-order valence-electron chi connectivity index (χ2n) is 4.50. The quantitative estimate of drug-likeness (QED) is 0.737. The van der Waals surface area contributed by atoms with Crippen LogP contribution in [-0.2, 0) is 9.47 Å². The number of ether oxygens (including phenoxy) is 2. The summed E-state index contributed by atoms with van der Waals surface area (Å²) in [6.45, 7) is 3.16. The Morgan fingerprint density at radius 3 is 2.50 bits per heavy atom. The van der Waals surface area contributed by atoms with Gasteiger partial charge in [0.1, 0.15) is 0 Å². The van der Waals surface area contributed by atoms with E-state index in [0.717, 1.165) is 25.6 Å². The molecule has 0 amide bonds. The van der Waals surface area contributed by atoms with Gasteiger partial charge in [0.2, 0.25) is 0 Å². The first-order chi connectivity index (χ1) is 6.88. The predicted molar refractivity (Wildman–Crippen MR) is 55.4 cm³/mol. The van der Waals surface area contributed by atoms with Crippen LogP contribution in [0.1, 0.15) is 25.7 Å². The Morgan fingerprint density at radius 2 is 1.86 bits per heavy atom. The minimum Gasteiger partial charge on any atom is -0.384 e. The molecule has 1 N–H and O–H groups in total. The molecule has 3 nitrogen and oxygen atoms in total. The Morgan fingerprint density at radius 1 is 1.14 bits per heavy atom. The molecule has 0 aromatic heterocycles. The Balaban J connectivity index is 1.58. The minimum atomic E-state index is 0.518. The van der Waals surface area contributed by atoms with Gasteiger partial charge in [0.05, 0.1) is 12.2 Å². The lowest BCUT2D eigenvalue weighted by Gasteiger charge is -2.38. The molecular weight excluding hydrogens is 178 g/mol. The van der Waals surface area contributed by atoms with E-state index in [9.17, 15) is 0 Å². The molecule has 0 aromatic carbocycles. The van der Waals surface area contributed by atoms with E-state index >= 15 is 0 Å². The third-order valence-corrected chi connectivity index (χ3v) is 3.27. The Kier molecular flexibility index (Phi) is 3.79. The van der Waals surface area contributed by atoms with E-state index in [4.69, 9.17) is 9.47 Å². The molecule has 0 spiro atoms. The maximum atomic E-state index is 6.01. The highest BCUT2D eigenvalue weighted by Crippen LogP contribution is 2.31. The number of methoxy groups -OCH3 is 1. The van der Waals surface area contributed by atoms with E-state index in [0.29, 0.717) is 12.2 Å². The summed E-state index contributed by atoms with van der Waals surface area (Å²) in [5.74, 6) is 0.756. The van der Waals surface area contributed by atoms with Gasteiger partial charge < -0.3 is 14.8 Å². The van der Waals surface area contributed by atoms with Crippen molar-refractivity contribution in [3.05, 3.63) is 0 Å². The maximum Gasteiger partial charge on any atom is 0.0603 e. The third kappa shape index (κ3) is 2.69. The molecule has 1 aliphatic carbocycles. The van der Waals surface area contributed by atoms with E-state index in [1.165, 1.54) is 25.7 Å². The molecule has 2 aliphatic rings. The number of hydrogen-bond donors (Lipinski definition) is 1. The second kappa shape index (κ2) is 5.10. The van der Waals surface area contributed by atoms with Gasteiger partial charge in [-0.25, -0.2) is 0 Å². The molecular formula is C11H21NO2. The number of hydrogen-bond acceptors (Lipinski definition) is 3. The molecule has 2 fully saturated rings. The summed E-state index contributed by atoms with van der Waals surface area (Å²) in [5, 5.41) is 3.35. The lowest BCUT2D eigenvalue weighted by Crippen LogP contribution is -2.40. The highest BCUT2D eigenvalue weighted by molar-refractivity contribution is 4.82. The fourth-order valence-electron chi connectivity index (χ4n) is 2.36. The van der Waals surface area contributed by atoms with Crippen LogP contribution in [0.15, 0.2) is 0 Å². The van der Waals surface area contributed by atoms with Crippen LogP contribution in [0.25, 0.3) is 0 Å². The van der Waals surface area contributed by atoms with Crippen molar-refractivity contribution in [3.8, 4) is 0 Å². The van der Waals surface area contributed by atoms with Gasteiger partial charge in [-0.15, -0.1) is 0 Å². The van der Waals surface area contributed by atoms with Crippen LogP contribution in [0.3, 0.4) is 0 Å². The van der Waals surface area contributed by atoms with Gasteiger partial charge in [0, 0.05) is 13.7 Å². The summed E-state index contributed by atoms with van der Waals surface area (Å²) in [4.78, 5) is 0. The predicted octanol–water partition coefficient (Wildman–Crippen LogP) is 1.18. The highest BCUT2D eigenvalue weighted by Gasteiger charge is 2.31. The molecule has 1 saturated carbocycles. The fourth-order valence-corrected chi connectivity index (χ4v) is 2.36. The van der Waals surface area contributed by atoms with E-state index in [1.54, 1.807) is 7.11 Å². The molecule has 3 heteroatoms. The van der Waals surface area contributed by atoms with E-state index in [2.05, 4.69) is 5.32 Å². The molecule has 0 bridgehead atoms. The van der Waals surface area contributed by atoms with E-state index < -0.39 is 0 Å². The van der Waals surface area contributed by atoms with Gasteiger partial charge in [0.25, 0.3) is 0 Å². The van der Waals surface area contributed by atoms with E-state index in [-0.39, 0.29) is 0 Å². The SMILES string of the molecule is COCC1CC(OC2CCNCC2)C1. The van der Waals surface area contributed by atoms with Crippen molar-refractivity contribution in [2.75, 3.05) is 26.8 Å². The molecule has 0 radical (unpaired) electrons. The molecule has 0 unspecified atom stereocenters. The van der Waals surface area contributed by atoms with Crippen molar-refractivity contribution in [1.29, 1.82) is 0 Å². The van der Waals surface area contributed by atoms with Gasteiger partial charge in [-0.05, 0) is 44.7 Å². The summed E-state index contributed by atoms with van der Waals surface area (Å²) in [6.07, 6.45) is 5.83. The normalized spacial score (nSPS) is 34.1. The molecule has 1 heterocycles. The number of piperidine rings is 1. The van der Waals surface area contributed by atoms with Crippen molar-refractivity contribution in [2.45, 2.75) is 37.9 Å². The van der Waals surface area contributed by atoms with Crippen LogP contribution in [0.2, 0.25) is 0 Å². The number of rotatable bonds is 4. The zero-order chi connectivity index (χ0) is 9.80. The summed E-state index contributed by atoms with van der Waals surface area (Å²) in [7, 11) is 1.78. The molecule has 82 valence electrons. The van der Waals surface area contributed by atoms with Crippen molar-refractivity contribution in [3.63, 3.8) is 0 Å². The Hall–Kier alpha value is -0.120. The zero-order valence-electron chi connectivity index (χ0n) is 9.00. The topological polar surface area (TPSA) is 30.5 Å². The third-order valence-electron chi connectivity index (χ3n) is 3.27. The van der Waals surface area contributed by atoms with Gasteiger partial charge in [-0.3, -0.25) is 0 Å². The van der Waals surface area contributed by atoms with Crippen LogP contribution in [0.5, 0.6) is 0 Å². The van der Waals surface area contributed by atoms with Gasteiger partial charge in [-0.2, -0.15) is 0 Å². The molecule has 1 aliphatic heterocycles. The summed E-state index contributed by atoms with van der Waals surface area (Å²) in [6, 6.07) is 0. The Bertz CT molecular complexity index is 163. The zero-order valence-corrected chi connectivity index (χ0v) is 9.00. The molecule has 0 atom stereocenters. The fraction of sp³-hybridized carbons (Fsp3) is 1.00. The van der Waals surface area contributed by atoms with Crippen LogP contribution in [0, 0.1) is 5.92 Å². The van der Waals surface area contributed by atoms with Gasteiger partial charge >= 0.3 is 0 Å². The first-order valence-electron chi connectivity index (χ1n) is 5.73. The first kappa shape index (κ1) is 10.4. The van der Waals surface area contributed by atoms with Crippen LogP contribution >= 0.6 is 0 Å². The van der Waals surface area contributed by atoms with Crippen molar-refractivity contribution >= 4 is 0 Å². The summed E-state index contributed by atoms with van der Waals surface area (Å²) < 4.78 is 11.1. The first-order valence-corrected chi connectivity index (χ1v) is 5.73. The average molecular weight is 199 g/mol. The number of nitrogens with one attached hydrogen (secondary N) is 1. The van der Waals surface area contributed by atoms with E-state index in [1.807, 2.05) is 0 Å².